The number of hydrogen-bond donors (Lipinski definition) is 1. The van der Waals surface area contributed by atoms with Gasteiger partial charge in [-0.25, -0.2) is 0 Å². The van der Waals surface area contributed by atoms with E-state index < -0.39 is 0 Å². The van der Waals surface area contributed by atoms with Crippen molar-refractivity contribution in [3.05, 3.63) is 29.8 Å². The van der Waals surface area contributed by atoms with Crippen LogP contribution in [0, 0.1) is 6.92 Å². The minimum absolute atomic E-state index is 0.544. The molecule has 1 aliphatic heterocycles. The van der Waals surface area contributed by atoms with Gasteiger partial charge in [-0.1, -0.05) is 17.7 Å². The van der Waals surface area contributed by atoms with Crippen LogP contribution in [-0.4, -0.2) is 50.7 Å². The Morgan fingerprint density at radius 1 is 1.26 bits per heavy atom. The molecule has 3 nitrogen and oxygen atoms in total. The lowest BCUT2D eigenvalue weighted by atomic mass is 10.1. The van der Waals surface area contributed by atoms with E-state index in [1.807, 2.05) is 0 Å². The van der Waals surface area contributed by atoms with Crippen LogP contribution in [0.25, 0.3) is 0 Å². The summed E-state index contributed by atoms with van der Waals surface area (Å²) in [5.74, 6) is 0. The van der Waals surface area contributed by atoms with Crippen molar-refractivity contribution >= 4 is 5.69 Å². The summed E-state index contributed by atoms with van der Waals surface area (Å²) in [4.78, 5) is 4.85. The van der Waals surface area contributed by atoms with Crippen LogP contribution >= 0.6 is 0 Å². The highest BCUT2D eigenvalue weighted by Gasteiger charge is 2.23. The van der Waals surface area contributed by atoms with Crippen LogP contribution in [-0.2, 0) is 0 Å². The van der Waals surface area contributed by atoms with Crippen LogP contribution in [0.5, 0.6) is 0 Å². The smallest absolute Gasteiger partial charge is 0.0541 e. The molecule has 0 aliphatic carbocycles. The second-order valence-electron chi connectivity index (χ2n) is 6.04. The summed E-state index contributed by atoms with van der Waals surface area (Å²) < 4.78 is 0. The van der Waals surface area contributed by atoms with E-state index in [0.29, 0.717) is 12.1 Å². The summed E-state index contributed by atoms with van der Waals surface area (Å²) in [6.45, 7) is 7.72. The van der Waals surface area contributed by atoms with Crippen molar-refractivity contribution in [2.24, 2.45) is 0 Å². The van der Waals surface area contributed by atoms with Gasteiger partial charge in [-0.15, -0.1) is 0 Å². The quantitative estimate of drug-likeness (QED) is 0.899. The van der Waals surface area contributed by atoms with Gasteiger partial charge in [-0.3, -0.25) is 0 Å². The van der Waals surface area contributed by atoms with Crippen LogP contribution in [0.1, 0.15) is 18.9 Å². The number of likely N-dealkylation sites (N-methyl/N-ethyl adjacent to an activating group) is 1. The van der Waals surface area contributed by atoms with E-state index in [9.17, 15) is 0 Å². The maximum Gasteiger partial charge on any atom is 0.0541 e. The molecule has 0 aromatic heterocycles. The topological polar surface area (TPSA) is 18.5 Å². The fraction of sp³-hybridized carbons (Fsp3) is 0.625. The molecule has 0 saturated carbocycles. The predicted molar refractivity (Wildman–Crippen MR) is 82.9 cm³/mol. The van der Waals surface area contributed by atoms with Crippen molar-refractivity contribution in [1.29, 1.82) is 0 Å². The molecule has 1 aromatic carbocycles. The maximum absolute atomic E-state index is 3.64. The van der Waals surface area contributed by atoms with E-state index >= 15 is 0 Å². The first kappa shape index (κ1) is 14.4. The van der Waals surface area contributed by atoms with Gasteiger partial charge in [-0.2, -0.15) is 0 Å². The van der Waals surface area contributed by atoms with Crippen molar-refractivity contribution in [1.82, 2.24) is 10.2 Å². The molecule has 1 heterocycles. The van der Waals surface area contributed by atoms with E-state index in [2.05, 4.69) is 67.3 Å². The number of aryl methyl sites for hydroxylation is 1. The lowest BCUT2D eigenvalue weighted by Gasteiger charge is -2.33. The van der Waals surface area contributed by atoms with E-state index in [4.69, 9.17) is 0 Å². The third-order valence-electron chi connectivity index (χ3n) is 3.89. The maximum atomic E-state index is 3.64. The van der Waals surface area contributed by atoms with E-state index in [1.54, 1.807) is 0 Å². The molecule has 1 N–H and O–H groups in total. The third kappa shape index (κ3) is 3.95. The first-order valence-electron chi connectivity index (χ1n) is 7.27. The normalized spacial score (nSPS) is 24.6. The molecule has 0 radical (unpaired) electrons. The summed E-state index contributed by atoms with van der Waals surface area (Å²) in [7, 11) is 4.31. The molecular formula is C16H27N3. The highest BCUT2D eigenvalue weighted by molar-refractivity contribution is 5.49. The Hall–Kier alpha value is -1.06. The van der Waals surface area contributed by atoms with Crippen molar-refractivity contribution in [2.45, 2.75) is 32.4 Å². The minimum atomic E-state index is 0.544. The van der Waals surface area contributed by atoms with Crippen LogP contribution in [0.2, 0.25) is 0 Å². The summed E-state index contributed by atoms with van der Waals surface area (Å²) in [5.41, 5.74) is 2.68. The van der Waals surface area contributed by atoms with Gasteiger partial charge in [0, 0.05) is 31.4 Å². The largest absolute Gasteiger partial charge is 0.366 e. The number of rotatable bonds is 3. The molecule has 2 unspecified atom stereocenters. The minimum Gasteiger partial charge on any atom is -0.366 e. The summed E-state index contributed by atoms with van der Waals surface area (Å²) in [6, 6.07) is 10.1. The molecule has 1 fully saturated rings. The Morgan fingerprint density at radius 3 is 2.58 bits per heavy atom. The average Bonchev–Trinajstić information content (AvgIpc) is 2.53. The number of hydrogen-bond acceptors (Lipinski definition) is 3. The summed E-state index contributed by atoms with van der Waals surface area (Å²) in [5, 5.41) is 3.64. The number of nitrogens with zero attached hydrogens (tertiary/aromatic N) is 2. The Labute approximate surface area is 117 Å². The van der Waals surface area contributed by atoms with E-state index in [1.165, 1.54) is 17.7 Å². The Balaban J connectivity index is 2.18. The summed E-state index contributed by atoms with van der Waals surface area (Å²) in [6.07, 6.45) is 1.21. The number of anilines is 1. The standard InChI is InChI=1S/C16H27N3/c1-13-5-7-15(8-6-13)19-10-9-14(2)17-11-16(19)12-18(3)4/h5-8,14,16-17H,9-12H2,1-4H3. The van der Waals surface area contributed by atoms with Crippen LogP contribution in [0.15, 0.2) is 24.3 Å². The van der Waals surface area contributed by atoms with Gasteiger partial charge in [-0.05, 0) is 46.5 Å². The van der Waals surface area contributed by atoms with Crippen LogP contribution < -0.4 is 10.2 Å². The second-order valence-corrected chi connectivity index (χ2v) is 6.04. The fourth-order valence-electron chi connectivity index (χ4n) is 2.73. The monoisotopic (exact) mass is 261 g/mol. The second kappa shape index (κ2) is 6.40. The van der Waals surface area contributed by atoms with Gasteiger partial charge in [0.1, 0.15) is 0 Å². The third-order valence-corrected chi connectivity index (χ3v) is 3.89. The zero-order valence-corrected chi connectivity index (χ0v) is 12.7. The molecule has 0 spiro atoms. The molecule has 2 rings (SSSR count). The molecular weight excluding hydrogens is 234 g/mol. The first-order valence-corrected chi connectivity index (χ1v) is 7.27. The molecule has 2 atom stereocenters. The summed E-state index contributed by atoms with van der Waals surface area (Å²) >= 11 is 0. The zero-order valence-electron chi connectivity index (χ0n) is 12.7. The van der Waals surface area contributed by atoms with Crippen molar-refractivity contribution in [3.8, 4) is 0 Å². The molecule has 106 valence electrons. The van der Waals surface area contributed by atoms with Gasteiger partial charge in [0.15, 0.2) is 0 Å². The highest BCUT2D eigenvalue weighted by Crippen LogP contribution is 2.20. The Bertz CT molecular complexity index is 385. The molecule has 1 saturated heterocycles. The first-order chi connectivity index (χ1) is 9.06. The average molecular weight is 261 g/mol. The predicted octanol–water partition coefficient (Wildman–Crippen LogP) is 2.11. The van der Waals surface area contributed by atoms with Gasteiger partial charge in [0.2, 0.25) is 0 Å². The van der Waals surface area contributed by atoms with Crippen LogP contribution in [0.4, 0.5) is 5.69 Å². The van der Waals surface area contributed by atoms with Crippen molar-refractivity contribution in [2.75, 3.05) is 38.6 Å². The van der Waals surface area contributed by atoms with E-state index in [0.717, 1.165) is 19.6 Å². The molecule has 1 aliphatic rings. The van der Waals surface area contributed by atoms with Crippen molar-refractivity contribution in [3.63, 3.8) is 0 Å². The van der Waals surface area contributed by atoms with Gasteiger partial charge in [0.05, 0.1) is 6.04 Å². The fourth-order valence-corrected chi connectivity index (χ4v) is 2.73. The van der Waals surface area contributed by atoms with Crippen LogP contribution in [0.3, 0.4) is 0 Å². The molecule has 0 amide bonds. The lowest BCUT2D eigenvalue weighted by Crippen LogP contribution is -2.46. The SMILES string of the molecule is Cc1ccc(N2CCC(C)NCC2CN(C)C)cc1. The number of nitrogens with one attached hydrogen (secondary N) is 1. The molecule has 19 heavy (non-hydrogen) atoms. The van der Waals surface area contributed by atoms with Gasteiger partial charge in [0.25, 0.3) is 0 Å². The van der Waals surface area contributed by atoms with Gasteiger partial charge < -0.3 is 15.1 Å². The lowest BCUT2D eigenvalue weighted by molar-refractivity contribution is 0.359. The zero-order chi connectivity index (χ0) is 13.8. The number of benzene rings is 1. The van der Waals surface area contributed by atoms with E-state index in [-0.39, 0.29) is 0 Å². The molecule has 3 heteroatoms. The Kier molecular flexibility index (Phi) is 4.83. The molecule has 0 bridgehead atoms. The Morgan fingerprint density at radius 2 is 1.95 bits per heavy atom. The molecule has 1 aromatic rings. The van der Waals surface area contributed by atoms with Crippen molar-refractivity contribution < 1.29 is 0 Å². The van der Waals surface area contributed by atoms with Gasteiger partial charge >= 0.3 is 0 Å². The highest BCUT2D eigenvalue weighted by atomic mass is 15.2.